The lowest BCUT2D eigenvalue weighted by molar-refractivity contribution is 0.0566. The Morgan fingerprint density at radius 1 is 1.29 bits per heavy atom. The molecule has 3 rings (SSSR count). The SMILES string of the molecule is CCOc1cc([C@@]23CC[C@@H](O)C[C@@H]2N(C)CC3)ccc1OC(C)C. The molecule has 1 saturated heterocycles. The monoisotopic (exact) mass is 333 g/mol. The van der Waals surface area contributed by atoms with Gasteiger partial charge in [-0.25, -0.2) is 0 Å². The van der Waals surface area contributed by atoms with Crippen molar-refractivity contribution in [3.05, 3.63) is 23.8 Å². The predicted molar refractivity (Wildman–Crippen MR) is 95.9 cm³/mol. The number of aliphatic hydroxyl groups is 1. The van der Waals surface area contributed by atoms with Crippen molar-refractivity contribution >= 4 is 0 Å². The van der Waals surface area contributed by atoms with E-state index in [0.717, 1.165) is 43.7 Å². The topological polar surface area (TPSA) is 41.9 Å². The molecule has 1 heterocycles. The van der Waals surface area contributed by atoms with Gasteiger partial charge < -0.3 is 19.5 Å². The summed E-state index contributed by atoms with van der Waals surface area (Å²) in [6.45, 7) is 7.80. The van der Waals surface area contributed by atoms with Crippen LogP contribution in [0.5, 0.6) is 11.5 Å². The minimum absolute atomic E-state index is 0.128. The predicted octanol–water partition coefficient (Wildman–Crippen LogP) is 3.36. The molecule has 134 valence electrons. The first-order valence-corrected chi connectivity index (χ1v) is 9.28. The number of fused-ring (bicyclic) bond motifs is 1. The fourth-order valence-corrected chi connectivity index (χ4v) is 4.54. The largest absolute Gasteiger partial charge is 0.490 e. The van der Waals surface area contributed by atoms with Crippen LogP contribution in [-0.2, 0) is 5.41 Å². The Bertz CT molecular complexity index is 574. The van der Waals surface area contributed by atoms with Crippen LogP contribution in [0.3, 0.4) is 0 Å². The molecule has 1 N–H and O–H groups in total. The van der Waals surface area contributed by atoms with E-state index >= 15 is 0 Å². The van der Waals surface area contributed by atoms with Crippen LogP contribution in [0.1, 0.15) is 52.0 Å². The molecular formula is C20H31NO3. The van der Waals surface area contributed by atoms with E-state index in [1.54, 1.807) is 0 Å². The van der Waals surface area contributed by atoms with Crippen LogP contribution >= 0.6 is 0 Å². The van der Waals surface area contributed by atoms with E-state index in [9.17, 15) is 5.11 Å². The average Bonchev–Trinajstić information content (AvgIpc) is 2.87. The summed E-state index contributed by atoms with van der Waals surface area (Å²) in [5, 5.41) is 10.1. The lowest BCUT2D eigenvalue weighted by Gasteiger charge is -2.43. The number of likely N-dealkylation sites (N-methyl/N-ethyl adjacent to an activating group) is 1. The zero-order valence-electron chi connectivity index (χ0n) is 15.4. The summed E-state index contributed by atoms with van der Waals surface area (Å²) in [4.78, 5) is 2.42. The van der Waals surface area contributed by atoms with Gasteiger partial charge in [0.15, 0.2) is 11.5 Å². The molecule has 1 saturated carbocycles. The van der Waals surface area contributed by atoms with E-state index in [0.29, 0.717) is 12.6 Å². The number of aliphatic hydroxyl groups excluding tert-OH is 1. The second-order valence-corrected chi connectivity index (χ2v) is 7.59. The summed E-state index contributed by atoms with van der Waals surface area (Å²) in [6.07, 6.45) is 3.90. The maximum absolute atomic E-state index is 10.1. The van der Waals surface area contributed by atoms with Gasteiger partial charge in [-0.2, -0.15) is 0 Å². The first kappa shape index (κ1) is 17.6. The van der Waals surface area contributed by atoms with Gasteiger partial charge in [0.25, 0.3) is 0 Å². The zero-order valence-corrected chi connectivity index (χ0v) is 15.4. The van der Waals surface area contributed by atoms with Gasteiger partial charge in [0, 0.05) is 11.5 Å². The Balaban J connectivity index is 1.97. The van der Waals surface area contributed by atoms with Crippen LogP contribution in [0.15, 0.2) is 18.2 Å². The lowest BCUT2D eigenvalue weighted by atomic mass is 9.65. The van der Waals surface area contributed by atoms with E-state index in [1.165, 1.54) is 5.56 Å². The van der Waals surface area contributed by atoms with Gasteiger partial charge in [0.2, 0.25) is 0 Å². The highest BCUT2D eigenvalue weighted by Gasteiger charge is 2.50. The van der Waals surface area contributed by atoms with Gasteiger partial charge in [0.1, 0.15) is 0 Å². The first-order valence-electron chi connectivity index (χ1n) is 9.28. The molecular weight excluding hydrogens is 302 g/mol. The molecule has 4 heteroatoms. The van der Waals surface area contributed by atoms with Crippen LogP contribution in [0.25, 0.3) is 0 Å². The number of hydrogen-bond donors (Lipinski definition) is 1. The number of hydrogen-bond acceptors (Lipinski definition) is 4. The minimum Gasteiger partial charge on any atom is -0.490 e. The van der Waals surface area contributed by atoms with Crippen LogP contribution in [0.2, 0.25) is 0 Å². The number of nitrogens with zero attached hydrogens (tertiary/aromatic N) is 1. The molecule has 3 atom stereocenters. The van der Waals surface area contributed by atoms with Crippen molar-refractivity contribution in [2.24, 2.45) is 0 Å². The van der Waals surface area contributed by atoms with Crippen LogP contribution in [0, 0.1) is 0 Å². The van der Waals surface area contributed by atoms with Crippen molar-refractivity contribution in [1.82, 2.24) is 4.90 Å². The van der Waals surface area contributed by atoms with Gasteiger partial charge in [-0.3, -0.25) is 0 Å². The van der Waals surface area contributed by atoms with Crippen LogP contribution < -0.4 is 9.47 Å². The Kier molecular flexibility index (Phi) is 5.07. The van der Waals surface area contributed by atoms with Crippen LogP contribution in [0.4, 0.5) is 0 Å². The maximum Gasteiger partial charge on any atom is 0.161 e. The quantitative estimate of drug-likeness (QED) is 0.897. The summed E-state index contributed by atoms with van der Waals surface area (Å²) in [7, 11) is 2.18. The lowest BCUT2D eigenvalue weighted by Crippen LogP contribution is -2.47. The summed E-state index contributed by atoms with van der Waals surface area (Å²) >= 11 is 0. The van der Waals surface area contributed by atoms with Crippen molar-refractivity contribution in [2.75, 3.05) is 20.2 Å². The summed E-state index contributed by atoms with van der Waals surface area (Å²) < 4.78 is 11.8. The highest BCUT2D eigenvalue weighted by molar-refractivity contribution is 5.46. The van der Waals surface area contributed by atoms with Crippen molar-refractivity contribution in [1.29, 1.82) is 0 Å². The molecule has 0 unspecified atom stereocenters. The number of likely N-dealkylation sites (tertiary alicyclic amines) is 1. The van der Waals surface area contributed by atoms with Gasteiger partial charge in [0.05, 0.1) is 18.8 Å². The molecule has 0 bridgehead atoms. The Morgan fingerprint density at radius 2 is 2.08 bits per heavy atom. The van der Waals surface area contributed by atoms with Gasteiger partial charge in [-0.05, 0) is 77.7 Å². The first-order chi connectivity index (χ1) is 11.5. The molecule has 1 aromatic rings. The van der Waals surface area contributed by atoms with Crippen molar-refractivity contribution in [3.8, 4) is 11.5 Å². The van der Waals surface area contributed by atoms with Gasteiger partial charge >= 0.3 is 0 Å². The molecule has 0 radical (unpaired) electrons. The van der Waals surface area contributed by atoms with Crippen molar-refractivity contribution < 1.29 is 14.6 Å². The third-order valence-electron chi connectivity index (χ3n) is 5.68. The van der Waals surface area contributed by atoms with E-state index in [-0.39, 0.29) is 17.6 Å². The van der Waals surface area contributed by atoms with Crippen molar-refractivity contribution in [3.63, 3.8) is 0 Å². The van der Waals surface area contributed by atoms with E-state index in [2.05, 4.69) is 30.1 Å². The maximum atomic E-state index is 10.1. The molecule has 1 aliphatic carbocycles. The normalized spacial score (nSPS) is 30.4. The van der Waals surface area contributed by atoms with Gasteiger partial charge in [-0.15, -0.1) is 0 Å². The number of benzene rings is 1. The molecule has 0 spiro atoms. The van der Waals surface area contributed by atoms with Gasteiger partial charge in [-0.1, -0.05) is 6.07 Å². The molecule has 2 aliphatic rings. The highest BCUT2D eigenvalue weighted by atomic mass is 16.5. The average molecular weight is 333 g/mol. The van der Waals surface area contributed by atoms with E-state index < -0.39 is 0 Å². The summed E-state index contributed by atoms with van der Waals surface area (Å²) in [5.41, 5.74) is 1.47. The Labute approximate surface area is 145 Å². The third kappa shape index (κ3) is 3.14. The molecule has 0 aromatic heterocycles. The summed E-state index contributed by atoms with van der Waals surface area (Å²) in [6, 6.07) is 6.87. The van der Waals surface area contributed by atoms with Crippen LogP contribution in [-0.4, -0.2) is 48.5 Å². The highest BCUT2D eigenvalue weighted by Crippen LogP contribution is 2.49. The molecule has 4 nitrogen and oxygen atoms in total. The van der Waals surface area contributed by atoms with Crippen molar-refractivity contribution in [2.45, 2.75) is 70.1 Å². The third-order valence-corrected chi connectivity index (χ3v) is 5.68. The minimum atomic E-state index is -0.168. The van der Waals surface area contributed by atoms with E-state index in [4.69, 9.17) is 9.47 Å². The zero-order chi connectivity index (χ0) is 17.3. The molecule has 1 aromatic carbocycles. The second-order valence-electron chi connectivity index (χ2n) is 7.59. The smallest absolute Gasteiger partial charge is 0.161 e. The Morgan fingerprint density at radius 3 is 2.79 bits per heavy atom. The Hall–Kier alpha value is -1.26. The summed E-state index contributed by atoms with van der Waals surface area (Å²) in [5.74, 6) is 1.67. The molecule has 24 heavy (non-hydrogen) atoms. The fourth-order valence-electron chi connectivity index (χ4n) is 4.54. The fraction of sp³-hybridized carbons (Fsp3) is 0.700. The molecule has 2 fully saturated rings. The molecule has 1 aliphatic heterocycles. The number of ether oxygens (including phenoxy) is 2. The molecule has 0 amide bonds. The standard InChI is InChI=1S/C20H31NO3/c1-5-23-18-12-15(6-7-17(18)24-14(2)3)20-9-8-16(22)13-19(20)21(4)11-10-20/h6-7,12,14,16,19,22H,5,8-11,13H2,1-4H3/t16-,19+,20+/m1/s1. The number of rotatable bonds is 5. The van der Waals surface area contributed by atoms with E-state index in [1.807, 2.05) is 20.8 Å². The second kappa shape index (κ2) is 6.93.